The first kappa shape index (κ1) is 18.7. The van der Waals surface area contributed by atoms with E-state index in [9.17, 15) is 15.2 Å². The minimum absolute atomic E-state index is 0.00543. The summed E-state index contributed by atoms with van der Waals surface area (Å²) in [4.78, 5) is 14.7. The number of anilines is 1. The molecule has 1 amide bonds. The van der Waals surface area contributed by atoms with Gasteiger partial charge in [0.1, 0.15) is 17.4 Å². The van der Waals surface area contributed by atoms with Gasteiger partial charge in [-0.15, -0.1) is 0 Å². The molecular weight excluding hydrogens is 344 g/mol. The fourth-order valence-electron chi connectivity index (χ4n) is 2.96. The average Bonchev–Trinajstić information content (AvgIpc) is 2.69. The summed E-state index contributed by atoms with van der Waals surface area (Å²) in [5.41, 5.74) is 0.539. The summed E-state index contributed by atoms with van der Waals surface area (Å²) < 4.78 is 5.30. The van der Waals surface area contributed by atoms with E-state index in [1.165, 1.54) is 6.20 Å². The van der Waals surface area contributed by atoms with Crippen molar-refractivity contribution in [1.29, 1.82) is 5.26 Å². The summed E-state index contributed by atoms with van der Waals surface area (Å²) in [6.07, 6.45) is 1.44. The molecule has 0 aliphatic carbocycles. The largest absolute Gasteiger partial charge is 0.507 e. The van der Waals surface area contributed by atoms with Crippen molar-refractivity contribution < 1.29 is 14.6 Å². The molecule has 1 aliphatic heterocycles. The number of hydrogen-bond acceptors (Lipinski definition) is 6. The third kappa shape index (κ3) is 4.76. The zero-order valence-corrected chi connectivity index (χ0v) is 14.9. The Hall–Kier alpha value is -3.08. The standard InChI is InChI=1S/C20H22N4O3/c21-13-15(14-22-7-8-24-9-11-27-12-10-24)20(26)23-18-5-1-4-17-16(18)3-2-6-19(17)25/h1-6,14,22,25H,7-12H2,(H,23,26)/b15-14-. The molecule has 1 saturated heterocycles. The van der Waals surface area contributed by atoms with E-state index in [0.717, 1.165) is 32.8 Å². The van der Waals surface area contributed by atoms with Crippen LogP contribution in [0.4, 0.5) is 5.69 Å². The van der Waals surface area contributed by atoms with Gasteiger partial charge >= 0.3 is 0 Å². The molecule has 7 nitrogen and oxygen atoms in total. The maximum Gasteiger partial charge on any atom is 0.267 e. The van der Waals surface area contributed by atoms with Crippen molar-refractivity contribution in [2.45, 2.75) is 0 Å². The van der Waals surface area contributed by atoms with Crippen LogP contribution in [0.15, 0.2) is 48.2 Å². The van der Waals surface area contributed by atoms with E-state index in [-0.39, 0.29) is 11.3 Å². The first-order chi connectivity index (χ1) is 13.2. The third-order valence-electron chi connectivity index (χ3n) is 4.43. The number of nitrogens with zero attached hydrogens (tertiary/aromatic N) is 2. The second-order valence-electron chi connectivity index (χ2n) is 6.21. The number of ether oxygens (including phenoxy) is 1. The molecule has 0 aromatic heterocycles. The fraction of sp³-hybridized carbons (Fsp3) is 0.300. The number of nitrogens with one attached hydrogen (secondary N) is 2. The Labute approximate surface area is 157 Å². The summed E-state index contributed by atoms with van der Waals surface area (Å²) in [5, 5.41) is 26.4. The number of hydrogen-bond donors (Lipinski definition) is 3. The van der Waals surface area contributed by atoms with E-state index in [0.29, 0.717) is 23.0 Å². The molecule has 1 heterocycles. The van der Waals surface area contributed by atoms with Gasteiger partial charge in [-0.3, -0.25) is 9.69 Å². The maximum absolute atomic E-state index is 12.4. The number of fused-ring (bicyclic) bond motifs is 1. The minimum atomic E-state index is -0.493. The Balaban J connectivity index is 1.62. The molecule has 0 saturated carbocycles. The fourth-order valence-corrected chi connectivity index (χ4v) is 2.96. The van der Waals surface area contributed by atoms with Gasteiger partial charge in [0.25, 0.3) is 5.91 Å². The zero-order valence-electron chi connectivity index (χ0n) is 14.9. The summed E-state index contributed by atoms with van der Waals surface area (Å²) in [6.45, 7) is 4.73. The minimum Gasteiger partial charge on any atom is -0.507 e. The maximum atomic E-state index is 12.4. The van der Waals surface area contributed by atoms with Crippen LogP contribution in [0.25, 0.3) is 10.8 Å². The number of morpholine rings is 1. The molecule has 3 N–H and O–H groups in total. The lowest BCUT2D eigenvalue weighted by molar-refractivity contribution is -0.112. The van der Waals surface area contributed by atoms with Crippen molar-refractivity contribution in [3.8, 4) is 11.8 Å². The van der Waals surface area contributed by atoms with Crippen LogP contribution in [-0.4, -0.2) is 55.3 Å². The molecule has 2 aromatic rings. The van der Waals surface area contributed by atoms with Crippen LogP contribution in [0, 0.1) is 11.3 Å². The average molecular weight is 366 g/mol. The van der Waals surface area contributed by atoms with Crippen molar-refractivity contribution in [2.24, 2.45) is 0 Å². The summed E-state index contributed by atoms with van der Waals surface area (Å²) >= 11 is 0. The number of carbonyl (C=O) groups excluding carboxylic acids is 1. The Morgan fingerprint density at radius 2 is 1.96 bits per heavy atom. The Morgan fingerprint density at radius 3 is 2.74 bits per heavy atom. The number of aromatic hydroxyl groups is 1. The first-order valence-corrected chi connectivity index (χ1v) is 8.85. The third-order valence-corrected chi connectivity index (χ3v) is 4.43. The molecule has 0 atom stereocenters. The lowest BCUT2D eigenvalue weighted by Crippen LogP contribution is -2.39. The smallest absolute Gasteiger partial charge is 0.267 e. The monoisotopic (exact) mass is 366 g/mol. The number of phenols is 1. The Kier molecular flexibility index (Phi) is 6.26. The molecule has 3 rings (SSSR count). The highest BCUT2D eigenvalue weighted by atomic mass is 16.5. The van der Waals surface area contributed by atoms with Gasteiger partial charge in [0, 0.05) is 48.8 Å². The van der Waals surface area contributed by atoms with Crippen LogP contribution < -0.4 is 10.6 Å². The van der Waals surface area contributed by atoms with Crippen LogP contribution in [0.3, 0.4) is 0 Å². The normalized spacial score (nSPS) is 15.3. The molecule has 140 valence electrons. The van der Waals surface area contributed by atoms with Gasteiger partial charge in [-0.05, 0) is 12.1 Å². The van der Waals surface area contributed by atoms with Crippen LogP contribution in [-0.2, 0) is 9.53 Å². The van der Waals surface area contributed by atoms with Gasteiger partial charge in [0.2, 0.25) is 0 Å². The molecule has 1 fully saturated rings. The second-order valence-corrected chi connectivity index (χ2v) is 6.21. The molecule has 0 spiro atoms. The van der Waals surface area contributed by atoms with Gasteiger partial charge in [-0.2, -0.15) is 5.26 Å². The summed E-state index contributed by atoms with van der Waals surface area (Å²) in [6, 6.07) is 12.3. The molecule has 7 heteroatoms. The van der Waals surface area contributed by atoms with Gasteiger partial charge in [0.05, 0.1) is 13.2 Å². The molecule has 0 unspecified atom stereocenters. The highest BCUT2D eigenvalue weighted by Gasteiger charge is 2.12. The van der Waals surface area contributed by atoms with Gasteiger partial charge in [-0.25, -0.2) is 0 Å². The zero-order chi connectivity index (χ0) is 19.1. The molecule has 2 aromatic carbocycles. The topological polar surface area (TPSA) is 97.6 Å². The van der Waals surface area contributed by atoms with Gasteiger partial charge in [-0.1, -0.05) is 24.3 Å². The predicted molar refractivity (Wildman–Crippen MR) is 103 cm³/mol. The molecular formula is C20H22N4O3. The van der Waals surface area contributed by atoms with Crippen LogP contribution in [0.1, 0.15) is 0 Å². The molecule has 1 aliphatic rings. The number of carbonyl (C=O) groups is 1. The summed E-state index contributed by atoms with van der Waals surface area (Å²) in [7, 11) is 0. The van der Waals surface area contributed by atoms with Crippen molar-refractivity contribution in [3.05, 3.63) is 48.2 Å². The van der Waals surface area contributed by atoms with E-state index in [4.69, 9.17) is 4.74 Å². The first-order valence-electron chi connectivity index (χ1n) is 8.85. The molecule has 0 radical (unpaired) electrons. The summed E-state index contributed by atoms with van der Waals surface area (Å²) in [5.74, 6) is -0.350. The number of benzene rings is 2. The SMILES string of the molecule is N#C/C(=C/NCCN1CCOCC1)C(=O)Nc1cccc2c(O)cccc12. The molecule has 27 heavy (non-hydrogen) atoms. The second kappa shape index (κ2) is 9.03. The highest BCUT2D eigenvalue weighted by Crippen LogP contribution is 2.29. The predicted octanol–water partition coefficient (Wildman–Crippen LogP) is 1.81. The van der Waals surface area contributed by atoms with E-state index in [1.54, 1.807) is 36.4 Å². The van der Waals surface area contributed by atoms with E-state index < -0.39 is 5.91 Å². The number of nitriles is 1. The number of amides is 1. The van der Waals surface area contributed by atoms with Gasteiger partial charge < -0.3 is 20.5 Å². The number of phenolic OH excluding ortho intramolecular Hbond substituents is 1. The van der Waals surface area contributed by atoms with Crippen molar-refractivity contribution >= 4 is 22.4 Å². The van der Waals surface area contributed by atoms with Crippen LogP contribution in [0.5, 0.6) is 5.75 Å². The Bertz CT molecular complexity index is 882. The van der Waals surface area contributed by atoms with Crippen molar-refractivity contribution in [3.63, 3.8) is 0 Å². The Morgan fingerprint density at radius 1 is 1.22 bits per heavy atom. The van der Waals surface area contributed by atoms with E-state index >= 15 is 0 Å². The highest BCUT2D eigenvalue weighted by molar-refractivity contribution is 6.11. The molecule has 0 bridgehead atoms. The lowest BCUT2D eigenvalue weighted by atomic mass is 10.1. The van der Waals surface area contributed by atoms with Crippen molar-refractivity contribution in [1.82, 2.24) is 10.2 Å². The lowest BCUT2D eigenvalue weighted by Gasteiger charge is -2.26. The van der Waals surface area contributed by atoms with Crippen molar-refractivity contribution in [2.75, 3.05) is 44.7 Å². The quantitative estimate of drug-likeness (QED) is 0.410. The van der Waals surface area contributed by atoms with E-state index in [1.807, 2.05) is 6.07 Å². The van der Waals surface area contributed by atoms with Crippen LogP contribution >= 0.6 is 0 Å². The van der Waals surface area contributed by atoms with Crippen LogP contribution in [0.2, 0.25) is 0 Å². The van der Waals surface area contributed by atoms with Gasteiger partial charge in [0.15, 0.2) is 0 Å². The van der Waals surface area contributed by atoms with E-state index in [2.05, 4.69) is 15.5 Å². The number of rotatable bonds is 6.